The number of carbonyl (C=O) groups is 2. The molecule has 0 bridgehead atoms. The molecule has 0 fully saturated rings. The number of carbonyl (C=O) groups excluding carboxylic acids is 2. The topological polar surface area (TPSA) is 111 Å². The van der Waals surface area contributed by atoms with E-state index >= 15 is 0 Å². The van der Waals surface area contributed by atoms with Crippen molar-refractivity contribution in [3.63, 3.8) is 0 Å². The second-order valence-electron chi connectivity index (χ2n) is 20.8. The molecule has 0 spiro atoms. The molecular weight excluding hydrogens is 904 g/mol. The number of nitrogens with zero attached hydrogens (tertiary/aromatic N) is 1. The number of unbranched alkanes of at least 4 members (excludes halogenated alkanes) is 26. The van der Waals surface area contributed by atoms with Gasteiger partial charge < -0.3 is 19.4 Å². The van der Waals surface area contributed by atoms with Gasteiger partial charge in [-0.3, -0.25) is 18.6 Å². The summed E-state index contributed by atoms with van der Waals surface area (Å²) in [5.74, 6) is -0.570. The van der Waals surface area contributed by atoms with Gasteiger partial charge in [0.2, 0.25) is 5.91 Å². The molecule has 0 aliphatic heterocycles. The van der Waals surface area contributed by atoms with Crippen molar-refractivity contribution in [2.45, 2.75) is 264 Å². The first-order valence-electron chi connectivity index (χ1n) is 29.3. The second kappa shape index (κ2) is 51.0. The maximum absolute atomic E-state index is 13.5. The molecule has 0 radical (unpaired) electrons. The van der Waals surface area contributed by atoms with Crippen LogP contribution >= 0.6 is 7.82 Å². The summed E-state index contributed by atoms with van der Waals surface area (Å²) in [7, 11) is 1.46. The minimum absolute atomic E-state index is 0.0304. The normalized spacial score (nSPS) is 14.3. The molecule has 0 aromatic rings. The van der Waals surface area contributed by atoms with E-state index in [9.17, 15) is 19.0 Å². The predicted molar refractivity (Wildman–Crippen MR) is 305 cm³/mol. The fourth-order valence-corrected chi connectivity index (χ4v) is 8.89. The van der Waals surface area contributed by atoms with Crippen LogP contribution in [0, 0.1) is 0 Å². The number of allylic oxidation sites excluding steroid dienone is 11. The molecule has 0 aromatic heterocycles. The van der Waals surface area contributed by atoms with Crippen molar-refractivity contribution < 1.29 is 37.3 Å². The standard InChI is InChI=1S/C61H111N2O7P/c1-7-10-13-16-19-22-25-28-30-32-34-36-39-42-45-48-51-54-61(65)70-59(52-49-46-43-40-37-27-24-21-18-15-12-9-3)58(57-69-71(66,67)68-56-55-63(4,5)6)62-60(64)53-50-47-44-41-38-35-33-31-29-26-23-20-17-14-11-8-2/h10,13,19,22,28,30,34,36,42,45,49,52,58-59H,7-9,11-12,14-18,20-21,23-27,29,31-33,35,37-41,43-44,46-48,50-51,53-57H2,1-6H3,(H-,62,64,66,67)/p+1/b13-10-,22-19-,30-28-,36-34-,45-42-,52-49+. The third kappa shape index (κ3) is 52.1. The minimum Gasteiger partial charge on any atom is -0.456 e. The molecule has 0 rings (SSSR count). The van der Waals surface area contributed by atoms with Gasteiger partial charge in [0.1, 0.15) is 19.3 Å². The maximum Gasteiger partial charge on any atom is 0.472 e. The van der Waals surface area contributed by atoms with Gasteiger partial charge in [0.05, 0.1) is 33.8 Å². The summed E-state index contributed by atoms with van der Waals surface area (Å²) in [6.45, 7) is 6.86. The van der Waals surface area contributed by atoms with Gasteiger partial charge >= 0.3 is 13.8 Å². The first-order chi connectivity index (χ1) is 34.4. The third-order valence-corrected chi connectivity index (χ3v) is 13.6. The lowest BCUT2D eigenvalue weighted by atomic mass is 10.0. The fraction of sp³-hybridized carbons (Fsp3) is 0.770. The van der Waals surface area contributed by atoms with Gasteiger partial charge in [-0.15, -0.1) is 0 Å². The smallest absolute Gasteiger partial charge is 0.456 e. The van der Waals surface area contributed by atoms with Crippen molar-refractivity contribution in [2.24, 2.45) is 0 Å². The van der Waals surface area contributed by atoms with Crippen LogP contribution < -0.4 is 5.32 Å². The average molecular weight is 1020 g/mol. The lowest BCUT2D eigenvalue weighted by molar-refractivity contribution is -0.870. The summed E-state index contributed by atoms with van der Waals surface area (Å²) < 4.78 is 30.6. The Kier molecular flexibility index (Phi) is 49.1. The zero-order valence-corrected chi connectivity index (χ0v) is 47.8. The lowest BCUT2D eigenvalue weighted by Gasteiger charge is -2.27. The number of quaternary nitrogens is 1. The number of phosphoric ester groups is 1. The van der Waals surface area contributed by atoms with Gasteiger partial charge in [0.15, 0.2) is 0 Å². The van der Waals surface area contributed by atoms with Gasteiger partial charge in [-0.05, 0) is 70.3 Å². The van der Waals surface area contributed by atoms with Crippen molar-refractivity contribution in [3.05, 3.63) is 72.9 Å². The van der Waals surface area contributed by atoms with Gasteiger partial charge in [-0.2, -0.15) is 0 Å². The monoisotopic (exact) mass is 1020 g/mol. The predicted octanol–water partition coefficient (Wildman–Crippen LogP) is 17.7. The number of amides is 1. The van der Waals surface area contributed by atoms with Crippen molar-refractivity contribution >= 4 is 19.7 Å². The Hall–Kier alpha value is -2.55. The molecular formula is C61H112N2O7P+. The van der Waals surface area contributed by atoms with Crippen molar-refractivity contribution in [3.8, 4) is 0 Å². The molecule has 71 heavy (non-hydrogen) atoms. The highest BCUT2D eigenvalue weighted by Crippen LogP contribution is 2.43. The van der Waals surface area contributed by atoms with E-state index in [1.54, 1.807) is 0 Å². The molecule has 2 N–H and O–H groups in total. The number of hydrogen-bond acceptors (Lipinski definition) is 6. The van der Waals surface area contributed by atoms with Crippen LogP contribution in [-0.4, -0.2) is 74.3 Å². The molecule has 0 saturated heterocycles. The molecule has 0 aromatic carbocycles. The van der Waals surface area contributed by atoms with Gasteiger partial charge in [0.25, 0.3) is 0 Å². The summed E-state index contributed by atoms with van der Waals surface area (Å²) in [4.78, 5) is 37.6. The molecule has 412 valence electrons. The van der Waals surface area contributed by atoms with E-state index in [1.807, 2.05) is 33.3 Å². The Morgan fingerprint density at radius 1 is 0.507 bits per heavy atom. The third-order valence-electron chi connectivity index (χ3n) is 12.7. The number of ether oxygens (including phenoxy) is 1. The highest BCUT2D eigenvalue weighted by molar-refractivity contribution is 7.47. The van der Waals surface area contributed by atoms with Crippen molar-refractivity contribution in [2.75, 3.05) is 40.9 Å². The highest BCUT2D eigenvalue weighted by atomic mass is 31.2. The molecule has 3 unspecified atom stereocenters. The Bertz CT molecular complexity index is 1450. The van der Waals surface area contributed by atoms with Crippen LogP contribution in [0.4, 0.5) is 0 Å². The number of nitrogens with one attached hydrogen (secondary N) is 1. The second-order valence-corrected chi connectivity index (χ2v) is 22.2. The van der Waals surface area contributed by atoms with Crippen LogP contribution in [0.2, 0.25) is 0 Å². The SMILES string of the molecule is CC/C=C\C/C=C\C/C=C\C/C=C\C/C=C\CCCC(=O)OC(/C=C/CCCCCCCCCCCC)C(COP(=O)(O)OCC[N+](C)(C)C)NC(=O)CCCCCCCCCCCCCCCCCC. The first kappa shape index (κ1) is 68.5. The van der Waals surface area contributed by atoms with Gasteiger partial charge in [-0.1, -0.05) is 242 Å². The largest absolute Gasteiger partial charge is 0.472 e. The van der Waals surface area contributed by atoms with Gasteiger partial charge in [0, 0.05) is 12.8 Å². The van der Waals surface area contributed by atoms with Crippen LogP contribution in [0.25, 0.3) is 0 Å². The zero-order valence-electron chi connectivity index (χ0n) is 47.0. The summed E-state index contributed by atoms with van der Waals surface area (Å²) in [6, 6.07) is -0.870. The van der Waals surface area contributed by atoms with E-state index in [1.165, 1.54) is 135 Å². The summed E-state index contributed by atoms with van der Waals surface area (Å²) in [5, 5.41) is 3.04. The Balaban J connectivity index is 5.41. The number of esters is 1. The average Bonchev–Trinajstić information content (AvgIpc) is 3.33. The Morgan fingerprint density at radius 2 is 0.915 bits per heavy atom. The molecule has 1 amide bonds. The van der Waals surface area contributed by atoms with E-state index in [0.29, 0.717) is 23.9 Å². The Labute approximate surface area is 438 Å². The number of likely N-dealkylation sites (N-methyl/N-ethyl adjacent to an activating group) is 1. The van der Waals surface area contributed by atoms with E-state index in [2.05, 4.69) is 86.8 Å². The summed E-state index contributed by atoms with van der Waals surface area (Å²) in [5.41, 5.74) is 0. The zero-order chi connectivity index (χ0) is 52.2. The number of rotatable bonds is 52. The molecule has 0 aliphatic rings. The molecule has 0 heterocycles. The van der Waals surface area contributed by atoms with Crippen molar-refractivity contribution in [1.82, 2.24) is 5.32 Å². The van der Waals surface area contributed by atoms with E-state index in [4.69, 9.17) is 13.8 Å². The molecule has 0 saturated carbocycles. The first-order valence-corrected chi connectivity index (χ1v) is 30.8. The molecule has 10 heteroatoms. The van der Waals surface area contributed by atoms with Crippen molar-refractivity contribution in [1.29, 1.82) is 0 Å². The molecule has 3 atom stereocenters. The fourth-order valence-electron chi connectivity index (χ4n) is 8.15. The molecule has 0 aliphatic carbocycles. The number of hydrogen-bond donors (Lipinski definition) is 2. The number of phosphoric acid groups is 1. The van der Waals surface area contributed by atoms with E-state index < -0.39 is 20.0 Å². The summed E-state index contributed by atoms with van der Waals surface area (Å²) in [6.07, 6.45) is 64.7. The van der Waals surface area contributed by atoms with Crippen LogP contribution in [0.3, 0.4) is 0 Å². The lowest BCUT2D eigenvalue weighted by Crippen LogP contribution is -2.47. The minimum atomic E-state index is -4.46. The van der Waals surface area contributed by atoms with E-state index in [-0.39, 0.29) is 31.5 Å². The van der Waals surface area contributed by atoms with Crippen LogP contribution in [-0.2, 0) is 27.9 Å². The summed E-state index contributed by atoms with van der Waals surface area (Å²) >= 11 is 0. The van der Waals surface area contributed by atoms with Crippen LogP contribution in [0.15, 0.2) is 72.9 Å². The van der Waals surface area contributed by atoms with Gasteiger partial charge in [-0.25, -0.2) is 4.57 Å². The van der Waals surface area contributed by atoms with Crippen LogP contribution in [0.1, 0.15) is 252 Å². The highest BCUT2D eigenvalue weighted by Gasteiger charge is 2.30. The van der Waals surface area contributed by atoms with Crippen LogP contribution in [0.5, 0.6) is 0 Å². The quantitative estimate of drug-likeness (QED) is 0.0205. The Morgan fingerprint density at radius 3 is 1.37 bits per heavy atom. The molecule has 9 nitrogen and oxygen atoms in total. The maximum atomic E-state index is 13.5. The van der Waals surface area contributed by atoms with E-state index in [0.717, 1.165) is 77.0 Å².